The maximum absolute atomic E-state index is 13.6. The van der Waals surface area contributed by atoms with Crippen molar-refractivity contribution in [3.63, 3.8) is 0 Å². The van der Waals surface area contributed by atoms with Crippen LogP contribution in [0.3, 0.4) is 0 Å². The number of halogens is 1. The molecule has 5 rings (SSSR count). The van der Waals surface area contributed by atoms with Crippen LogP contribution in [0.4, 0.5) is 27.5 Å². The van der Waals surface area contributed by atoms with Gasteiger partial charge in [-0.05, 0) is 54.3 Å². The van der Waals surface area contributed by atoms with Gasteiger partial charge in [0.05, 0.1) is 34.4 Å². The van der Waals surface area contributed by atoms with Crippen molar-refractivity contribution in [2.75, 3.05) is 21.1 Å². The average Bonchev–Trinajstić information content (AvgIpc) is 2.83. The second-order valence-electron chi connectivity index (χ2n) is 7.89. The van der Waals surface area contributed by atoms with E-state index in [2.05, 4.69) is 10.2 Å². The number of carbonyl (C=O) groups excluding carboxylic acids is 1. The van der Waals surface area contributed by atoms with Crippen molar-refractivity contribution in [3.8, 4) is 0 Å². The highest BCUT2D eigenvalue weighted by Gasteiger charge is 2.31. The third-order valence-electron chi connectivity index (χ3n) is 5.90. The van der Waals surface area contributed by atoms with Gasteiger partial charge in [0.2, 0.25) is 0 Å². The SMILES string of the molecule is [C-]#[N+]c1ccc2c(c1)NC(=O)N(c1cc(S(=O)(=O)N3CCCc4ccccc43)ccc1Cl)C2. The third kappa shape index (κ3) is 3.69. The fourth-order valence-electron chi connectivity index (χ4n) is 4.24. The van der Waals surface area contributed by atoms with Crippen LogP contribution in [-0.2, 0) is 23.0 Å². The Morgan fingerprint density at radius 3 is 2.64 bits per heavy atom. The monoisotopic (exact) mass is 478 g/mol. The number of aryl methyl sites for hydroxylation is 1. The van der Waals surface area contributed by atoms with Crippen LogP contribution in [0.25, 0.3) is 4.85 Å². The summed E-state index contributed by atoms with van der Waals surface area (Å²) in [5.41, 5.74) is 3.77. The Kier molecular flexibility index (Phi) is 5.23. The molecule has 2 aliphatic heterocycles. The number of amides is 2. The normalized spacial score (nSPS) is 15.3. The van der Waals surface area contributed by atoms with Crippen LogP contribution in [0.5, 0.6) is 0 Å². The molecule has 166 valence electrons. The standard InChI is InChI=1S/C24H19ClN4O3S/c1-26-18-9-8-17-15-28(24(30)27-21(17)13-18)23-14-19(10-11-20(23)25)33(31,32)29-12-4-6-16-5-2-3-7-22(16)29/h2-3,5,7-11,13-14H,4,6,12,15H2,(H,27,30). The summed E-state index contributed by atoms with van der Waals surface area (Å²) in [6.45, 7) is 7.74. The molecule has 0 atom stereocenters. The summed E-state index contributed by atoms with van der Waals surface area (Å²) in [6.07, 6.45) is 1.56. The second-order valence-corrected chi connectivity index (χ2v) is 10.2. The Bertz CT molecular complexity index is 1430. The van der Waals surface area contributed by atoms with Gasteiger partial charge in [-0.1, -0.05) is 41.9 Å². The number of carbonyl (C=O) groups is 1. The molecule has 0 saturated heterocycles. The number of para-hydroxylation sites is 1. The molecule has 3 aromatic carbocycles. The Labute approximate surface area is 197 Å². The van der Waals surface area contributed by atoms with E-state index >= 15 is 0 Å². The molecule has 0 spiro atoms. The number of benzene rings is 3. The summed E-state index contributed by atoms with van der Waals surface area (Å²) in [4.78, 5) is 17.7. The lowest BCUT2D eigenvalue weighted by atomic mass is 10.0. The second kappa shape index (κ2) is 8.10. The molecule has 0 aliphatic carbocycles. The molecule has 9 heteroatoms. The Morgan fingerprint density at radius 2 is 1.82 bits per heavy atom. The molecule has 0 radical (unpaired) electrons. The molecule has 0 fully saturated rings. The predicted molar refractivity (Wildman–Crippen MR) is 129 cm³/mol. The molecule has 0 unspecified atom stereocenters. The first-order valence-electron chi connectivity index (χ1n) is 10.4. The van der Waals surface area contributed by atoms with E-state index in [-0.39, 0.29) is 16.5 Å². The lowest BCUT2D eigenvalue weighted by molar-refractivity contribution is 0.256. The lowest BCUT2D eigenvalue weighted by Crippen LogP contribution is -2.39. The number of rotatable bonds is 3. The quantitative estimate of drug-likeness (QED) is 0.499. The number of hydrogen-bond donors (Lipinski definition) is 1. The Balaban J connectivity index is 1.53. The summed E-state index contributed by atoms with van der Waals surface area (Å²) < 4.78 is 28.6. The van der Waals surface area contributed by atoms with Gasteiger partial charge in [0.25, 0.3) is 10.0 Å². The summed E-state index contributed by atoms with van der Waals surface area (Å²) in [5.74, 6) is 0. The van der Waals surface area contributed by atoms with E-state index in [1.54, 1.807) is 18.2 Å². The van der Waals surface area contributed by atoms with E-state index in [1.807, 2.05) is 24.3 Å². The van der Waals surface area contributed by atoms with E-state index in [9.17, 15) is 13.2 Å². The van der Waals surface area contributed by atoms with Gasteiger partial charge in [0.15, 0.2) is 5.69 Å². The van der Waals surface area contributed by atoms with E-state index in [4.69, 9.17) is 18.2 Å². The molecule has 0 saturated carbocycles. The number of nitrogens with zero attached hydrogens (tertiary/aromatic N) is 3. The maximum Gasteiger partial charge on any atom is 0.326 e. The first-order chi connectivity index (χ1) is 15.9. The molecular formula is C24H19ClN4O3S. The summed E-state index contributed by atoms with van der Waals surface area (Å²) in [7, 11) is -3.86. The van der Waals surface area contributed by atoms with Crippen molar-refractivity contribution in [2.45, 2.75) is 24.3 Å². The van der Waals surface area contributed by atoms with Gasteiger partial charge in [-0.25, -0.2) is 18.1 Å². The molecule has 7 nitrogen and oxygen atoms in total. The topological polar surface area (TPSA) is 74.1 Å². The van der Waals surface area contributed by atoms with Crippen molar-refractivity contribution in [1.29, 1.82) is 0 Å². The third-order valence-corrected chi connectivity index (χ3v) is 8.03. The summed E-state index contributed by atoms with van der Waals surface area (Å²) in [6, 6.07) is 16.5. The van der Waals surface area contributed by atoms with Crippen LogP contribution in [0, 0.1) is 6.57 Å². The van der Waals surface area contributed by atoms with Crippen molar-refractivity contribution in [3.05, 3.63) is 88.2 Å². The van der Waals surface area contributed by atoms with Crippen LogP contribution in [-0.4, -0.2) is 21.0 Å². The van der Waals surface area contributed by atoms with E-state index in [0.29, 0.717) is 29.3 Å². The molecule has 2 aliphatic rings. The zero-order valence-electron chi connectivity index (χ0n) is 17.5. The fraction of sp³-hybridized carbons (Fsp3) is 0.167. The van der Waals surface area contributed by atoms with Crippen molar-refractivity contribution in [2.24, 2.45) is 0 Å². The highest BCUT2D eigenvalue weighted by Crippen LogP contribution is 2.37. The number of urea groups is 1. The number of fused-ring (bicyclic) bond motifs is 2. The molecule has 2 heterocycles. The molecule has 0 bridgehead atoms. The minimum absolute atomic E-state index is 0.0700. The number of anilines is 3. The first-order valence-corrected chi connectivity index (χ1v) is 12.2. The molecular weight excluding hydrogens is 460 g/mol. The van der Waals surface area contributed by atoms with Crippen LogP contribution in [0.15, 0.2) is 65.6 Å². The van der Waals surface area contributed by atoms with Crippen LogP contribution in [0.1, 0.15) is 17.5 Å². The fourth-order valence-corrected chi connectivity index (χ4v) is 6.02. The molecule has 3 aromatic rings. The molecule has 2 amide bonds. The van der Waals surface area contributed by atoms with Gasteiger partial charge in [-0.2, -0.15) is 0 Å². The molecule has 0 aromatic heterocycles. The average molecular weight is 479 g/mol. The number of sulfonamides is 1. The Hall–Kier alpha value is -3.54. The minimum atomic E-state index is -3.86. The number of hydrogen-bond acceptors (Lipinski definition) is 3. The van der Waals surface area contributed by atoms with Crippen molar-refractivity contribution >= 4 is 50.4 Å². The van der Waals surface area contributed by atoms with Gasteiger partial charge in [0.1, 0.15) is 0 Å². The predicted octanol–water partition coefficient (Wildman–Crippen LogP) is 5.58. The lowest BCUT2D eigenvalue weighted by Gasteiger charge is -2.32. The van der Waals surface area contributed by atoms with Crippen molar-refractivity contribution < 1.29 is 13.2 Å². The zero-order chi connectivity index (χ0) is 23.2. The highest BCUT2D eigenvalue weighted by molar-refractivity contribution is 7.92. The largest absolute Gasteiger partial charge is 0.326 e. The van der Waals surface area contributed by atoms with E-state index in [0.717, 1.165) is 24.0 Å². The smallest absolute Gasteiger partial charge is 0.308 e. The highest BCUT2D eigenvalue weighted by atomic mass is 35.5. The van der Waals surface area contributed by atoms with Gasteiger partial charge in [0, 0.05) is 12.2 Å². The van der Waals surface area contributed by atoms with Crippen LogP contribution in [0.2, 0.25) is 5.02 Å². The van der Waals surface area contributed by atoms with Gasteiger partial charge in [-0.15, -0.1) is 0 Å². The van der Waals surface area contributed by atoms with Gasteiger partial charge < -0.3 is 5.32 Å². The van der Waals surface area contributed by atoms with Gasteiger partial charge in [-0.3, -0.25) is 9.21 Å². The zero-order valence-corrected chi connectivity index (χ0v) is 19.0. The van der Waals surface area contributed by atoms with Crippen LogP contribution >= 0.6 is 11.6 Å². The van der Waals surface area contributed by atoms with E-state index in [1.165, 1.54) is 27.4 Å². The first kappa shape index (κ1) is 21.3. The summed E-state index contributed by atoms with van der Waals surface area (Å²) >= 11 is 6.42. The number of nitrogens with one attached hydrogen (secondary N) is 1. The molecule has 1 N–H and O–H groups in total. The van der Waals surface area contributed by atoms with Crippen LogP contribution < -0.4 is 14.5 Å². The van der Waals surface area contributed by atoms with Gasteiger partial charge >= 0.3 is 6.03 Å². The molecule has 33 heavy (non-hydrogen) atoms. The maximum atomic E-state index is 13.6. The Morgan fingerprint density at radius 1 is 1.00 bits per heavy atom. The van der Waals surface area contributed by atoms with Crippen molar-refractivity contribution in [1.82, 2.24) is 0 Å². The summed E-state index contributed by atoms with van der Waals surface area (Å²) in [5, 5.41) is 3.04. The van der Waals surface area contributed by atoms with E-state index < -0.39 is 16.1 Å². The minimum Gasteiger partial charge on any atom is -0.308 e.